The first-order valence-electron chi connectivity index (χ1n) is 12.7. The van der Waals surface area contributed by atoms with Crippen LogP contribution in [0.4, 0.5) is 4.39 Å². The predicted molar refractivity (Wildman–Crippen MR) is 147 cm³/mol. The van der Waals surface area contributed by atoms with Crippen molar-refractivity contribution >= 4 is 17.9 Å². The van der Waals surface area contributed by atoms with Crippen LogP contribution in [0.3, 0.4) is 0 Å². The van der Waals surface area contributed by atoms with Gasteiger partial charge in [-0.1, -0.05) is 6.07 Å². The van der Waals surface area contributed by atoms with Gasteiger partial charge in [-0.05, 0) is 101 Å². The summed E-state index contributed by atoms with van der Waals surface area (Å²) >= 11 is 0. The summed E-state index contributed by atoms with van der Waals surface area (Å²) in [6.45, 7) is 12.7. The van der Waals surface area contributed by atoms with Crippen LogP contribution >= 0.6 is 0 Å². The molecule has 0 saturated carbocycles. The van der Waals surface area contributed by atoms with Gasteiger partial charge >= 0.3 is 0 Å². The minimum atomic E-state index is -1.14. The normalized spacial score (nSPS) is 17.7. The van der Waals surface area contributed by atoms with Crippen LogP contribution in [-0.4, -0.2) is 41.5 Å². The fourth-order valence-electron chi connectivity index (χ4n) is 4.53. The Morgan fingerprint density at radius 2 is 1.84 bits per heavy atom. The van der Waals surface area contributed by atoms with Crippen LogP contribution in [0.25, 0.3) is 5.57 Å². The lowest BCUT2D eigenvalue weighted by molar-refractivity contribution is -0.118. The number of carbonyl (C=O) groups is 2. The van der Waals surface area contributed by atoms with Crippen LogP contribution in [0.5, 0.6) is 11.5 Å². The van der Waals surface area contributed by atoms with Crippen LogP contribution < -0.4 is 15.4 Å². The first-order valence-corrected chi connectivity index (χ1v) is 12.7. The summed E-state index contributed by atoms with van der Waals surface area (Å²) in [5.74, 6) is 0.136. The molecule has 204 valence electrons. The monoisotopic (exact) mass is 523 g/mol. The van der Waals surface area contributed by atoms with Crippen LogP contribution in [0.15, 0.2) is 48.3 Å². The van der Waals surface area contributed by atoms with E-state index in [1.807, 2.05) is 32.9 Å². The highest BCUT2D eigenvalue weighted by Gasteiger charge is 2.32. The van der Waals surface area contributed by atoms with E-state index in [9.17, 15) is 19.1 Å². The number of aryl methyl sites for hydroxylation is 2. The molecule has 1 aliphatic rings. The molecule has 0 spiro atoms. The molecular weight excluding hydrogens is 485 g/mol. The highest BCUT2D eigenvalue weighted by molar-refractivity contribution is 5.94. The van der Waals surface area contributed by atoms with E-state index in [1.54, 1.807) is 53.1 Å². The number of carbonyl (C=O) groups excluding carboxylic acids is 2. The van der Waals surface area contributed by atoms with Crippen molar-refractivity contribution in [1.82, 2.24) is 15.5 Å². The van der Waals surface area contributed by atoms with Crippen molar-refractivity contribution in [1.29, 1.82) is 0 Å². The number of rotatable bonds is 9. The number of nitrogens with one attached hydrogen (secondary N) is 2. The second kappa shape index (κ2) is 11.4. The number of halogens is 1. The van der Waals surface area contributed by atoms with E-state index >= 15 is 0 Å². The third-order valence-electron chi connectivity index (χ3n) is 6.43. The number of benzene rings is 2. The molecule has 38 heavy (non-hydrogen) atoms. The first-order chi connectivity index (χ1) is 17.7. The third-order valence-corrected chi connectivity index (χ3v) is 6.43. The zero-order valence-corrected chi connectivity index (χ0v) is 23.3. The van der Waals surface area contributed by atoms with E-state index in [4.69, 9.17) is 4.74 Å². The summed E-state index contributed by atoms with van der Waals surface area (Å²) in [6, 6.07) is 8.00. The molecule has 2 aromatic carbocycles. The second-order valence-corrected chi connectivity index (χ2v) is 10.8. The minimum absolute atomic E-state index is 0.0265. The fraction of sp³-hybridized carbons (Fsp3) is 0.400. The molecule has 2 atom stereocenters. The van der Waals surface area contributed by atoms with Crippen LogP contribution in [0, 0.1) is 25.6 Å². The van der Waals surface area contributed by atoms with E-state index in [-0.39, 0.29) is 29.7 Å². The average Bonchev–Trinajstić information content (AvgIpc) is 3.20. The van der Waals surface area contributed by atoms with Gasteiger partial charge < -0.3 is 25.4 Å². The summed E-state index contributed by atoms with van der Waals surface area (Å²) in [5, 5.41) is 17.0. The standard InChI is InChI=1S/C30H38FN3O4/c1-17(2)32-29(36)26-14-23(20(5)33-26)25(15-34(8)16-35)24-13-21(30(6,7)37)9-10-27(24)38-28-18(3)11-22(31)12-19(28)4/h9-17,20,23,33,37H,1-8H3,(H,32,36)/b25-15+. The number of nitrogens with zero attached hydrogens (tertiary/aromatic N) is 1. The van der Waals surface area contributed by atoms with Gasteiger partial charge in [0, 0.05) is 36.8 Å². The largest absolute Gasteiger partial charge is 0.456 e. The van der Waals surface area contributed by atoms with Crippen molar-refractivity contribution in [3.05, 3.63) is 76.4 Å². The molecule has 2 unspecified atom stereocenters. The van der Waals surface area contributed by atoms with Gasteiger partial charge in [0.15, 0.2) is 0 Å². The molecule has 0 radical (unpaired) electrons. The molecule has 3 rings (SSSR count). The molecule has 1 heterocycles. The Balaban J connectivity index is 2.22. The van der Waals surface area contributed by atoms with E-state index in [2.05, 4.69) is 10.6 Å². The molecule has 3 N–H and O–H groups in total. The molecule has 0 saturated heterocycles. The number of hydrogen-bond donors (Lipinski definition) is 3. The quantitative estimate of drug-likeness (QED) is 0.407. The molecule has 8 heteroatoms. The van der Waals surface area contributed by atoms with E-state index in [1.165, 1.54) is 17.0 Å². The van der Waals surface area contributed by atoms with Crippen molar-refractivity contribution < 1.29 is 23.8 Å². The fourth-order valence-corrected chi connectivity index (χ4v) is 4.53. The lowest BCUT2D eigenvalue weighted by Gasteiger charge is -2.26. The molecule has 0 fully saturated rings. The van der Waals surface area contributed by atoms with Gasteiger partial charge in [-0.15, -0.1) is 0 Å². The Bertz CT molecular complexity index is 1250. The van der Waals surface area contributed by atoms with Crippen molar-refractivity contribution in [2.24, 2.45) is 5.92 Å². The van der Waals surface area contributed by atoms with E-state index in [0.29, 0.717) is 51.4 Å². The minimum Gasteiger partial charge on any atom is -0.456 e. The van der Waals surface area contributed by atoms with Crippen molar-refractivity contribution in [2.45, 2.75) is 66.2 Å². The maximum absolute atomic E-state index is 14.0. The summed E-state index contributed by atoms with van der Waals surface area (Å²) < 4.78 is 20.4. The van der Waals surface area contributed by atoms with Gasteiger partial charge in [-0.2, -0.15) is 0 Å². The van der Waals surface area contributed by atoms with Crippen LogP contribution in [-0.2, 0) is 15.2 Å². The van der Waals surface area contributed by atoms with E-state index < -0.39 is 5.60 Å². The summed E-state index contributed by atoms with van der Waals surface area (Å²) in [6.07, 6.45) is 4.25. The SMILES string of the molecule is Cc1cc(F)cc(C)c1Oc1ccc(C(C)(C)O)cc1/C(=C/N(C)C=O)C1C=C(C(=O)NC(C)C)NC1C. The van der Waals surface area contributed by atoms with Gasteiger partial charge in [0.25, 0.3) is 5.91 Å². The van der Waals surface area contributed by atoms with Gasteiger partial charge in [-0.3, -0.25) is 9.59 Å². The lowest BCUT2D eigenvalue weighted by atomic mass is 9.86. The van der Waals surface area contributed by atoms with Crippen LogP contribution in [0.1, 0.15) is 56.9 Å². The van der Waals surface area contributed by atoms with Gasteiger partial charge in [-0.25, -0.2) is 4.39 Å². The molecule has 0 bridgehead atoms. The van der Waals surface area contributed by atoms with Crippen molar-refractivity contribution in [3.8, 4) is 11.5 Å². The smallest absolute Gasteiger partial charge is 0.267 e. The van der Waals surface area contributed by atoms with Crippen molar-refractivity contribution in [2.75, 3.05) is 7.05 Å². The maximum atomic E-state index is 14.0. The number of amides is 2. The van der Waals surface area contributed by atoms with E-state index in [0.717, 1.165) is 0 Å². The lowest BCUT2D eigenvalue weighted by Crippen LogP contribution is -2.36. The molecule has 2 aromatic rings. The Hall–Kier alpha value is -3.65. The molecule has 0 aliphatic carbocycles. The number of hydrogen-bond acceptors (Lipinski definition) is 5. The first kappa shape index (κ1) is 28.9. The Morgan fingerprint density at radius 1 is 1.21 bits per heavy atom. The molecule has 0 aromatic heterocycles. The topological polar surface area (TPSA) is 90.9 Å². The summed E-state index contributed by atoms with van der Waals surface area (Å²) in [5.41, 5.74) is 2.58. The highest BCUT2D eigenvalue weighted by atomic mass is 19.1. The molecule has 2 amide bonds. The van der Waals surface area contributed by atoms with Crippen LogP contribution in [0.2, 0.25) is 0 Å². The summed E-state index contributed by atoms with van der Waals surface area (Å²) in [4.78, 5) is 25.8. The van der Waals surface area contributed by atoms with Gasteiger partial charge in [0.05, 0.1) is 11.3 Å². The Kier molecular flexibility index (Phi) is 8.67. The zero-order valence-electron chi connectivity index (χ0n) is 23.3. The third kappa shape index (κ3) is 6.61. The molecule has 1 aliphatic heterocycles. The zero-order chi connectivity index (χ0) is 28.4. The van der Waals surface area contributed by atoms with Crippen molar-refractivity contribution in [3.63, 3.8) is 0 Å². The highest BCUT2D eigenvalue weighted by Crippen LogP contribution is 2.41. The number of aliphatic hydroxyl groups is 1. The van der Waals surface area contributed by atoms with Gasteiger partial charge in [0.2, 0.25) is 6.41 Å². The predicted octanol–water partition coefficient (Wildman–Crippen LogP) is 4.91. The molecular formula is C30H38FN3O4. The Labute approximate surface area is 224 Å². The second-order valence-electron chi connectivity index (χ2n) is 10.8. The Morgan fingerprint density at radius 3 is 2.39 bits per heavy atom. The number of ether oxygens (including phenoxy) is 1. The van der Waals surface area contributed by atoms with Gasteiger partial charge in [0.1, 0.15) is 17.3 Å². The maximum Gasteiger partial charge on any atom is 0.267 e. The molecule has 7 nitrogen and oxygen atoms in total. The summed E-state index contributed by atoms with van der Waals surface area (Å²) in [7, 11) is 1.63. The average molecular weight is 524 g/mol.